The Labute approximate surface area is 85.4 Å². The first-order valence-electron chi connectivity index (χ1n) is 3.75. The van der Waals surface area contributed by atoms with Crippen molar-refractivity contribution in [3.63, 3.8) is 0 Å². The van der Waals surface area contributed by atoms with Crippen molar-refractivity contribution in [2.24, 2.45) is 5.92 Å². The number of aliphatic hydroxyl groups is 4. The third kappa shape index (κ3) is 4.56. The molecule has 0 saturated carbocycles. The molecule has 0 rings (SSSR count). The molecule has 0 aliphatic heterocycles. The summed E-state index contributed by atoms with van der Waals surface area (Å²) in [6.07, 6.45) is -1.59. The highest BCUT2D eigenvalue weighted by molar-refractivity contribution is 14.1. The summed E-state index contributed by atoms with van der Waals surface area (Å²) in [5.41, 5.74) is 0. The molecule has 0 fully saturated rings. The molecule has 0 aromatic carbocycles. The highest BCUT2D eigenvalue weighted by Crippen LogP contribution is 2.26. The summed E-state index contributed by atoms with van der Waals surface area (Å²) in [6.45, 7) is 3.05. The molecule has 4 N–H and O–H groups in total. The van der Waals surface area contributed by atoms with Gasteiger partial charge in [0.15, 0.2) is 0 Å². The van der Waals surface area contributed by atoms with Crippen LogP contribution < -0.4 is 0 Å². The summed E-state index contributed by atoms with van der Waals surface area (Å²) in [7, 11) is 0. The quantitative estimate of drug-likeness (QED) is 0.329. The Hall–Kier alpha value is 0.570. The molecule has 0 bridgehead atoms. The van der Waals surface area contributed by atoms with E-state index >= 15 is 0 Å². The van der Waals surface area contributed by atoms with Gasteiger partial charge in [-0.15, -0.1) is 0 Å². The van der Waals surface area contributed by atoms with Crippen LogP contribution in [-0.4, -0.2) is 36.4 Å². The van der Waals surface area contributed by atoms with E-state index in [1.165, 1.54) is 29.5 Å². The van der Waals surface area contributed by atoms with E-state index in [0.717, 1.165) is 0 Å². The van der Waals surface area contributed by atoms with Crippen molar-refractivity contribution in [3.8, 4) is 0 Å². The first kappa shape index (κ1) is 12.6. The van der Waals surface area contributed by atoms with Crippen LogP contribution in [0, 0.1) is 5.92 Å². The van der Waals surface area contributed by atoms with Crippen LogP contribution >= 0.6 is 22.6 Å². The standard InChI is InChI=1S/C7H15IO4/c1-4(7(8,11)12)3-6(10)5(2)9/h4-6,9-12H,3H2,1-2H3/t4-,5+,6?/m1/s1. The highest BCUT2D eigenvalue weighted by atomic mass is 127. The SMILES string of the molecule is C[C@H](O)C(O)C[C@@H](C)C(O)(O)I. The fraction of sp³-hybridized carbons (Fsp3) is 1.00. The van der Waals surface area contributed by atoms with Gasteiger partial charge in [0, 0.05) is 5.92 Å². The lowest BCUT2D eigenvalue weighted by atomic mass is 10.0. The van der Waals surface area contributed by atoms with Gasteiger partial charge in [0.05, 0.1) is 12.2 Å². The van der Waals surface area contributed by atoms with E-state index in [4.69, 9.17) is 15.3 Å². The molecule has 0 aromatic rings. The molecule has 0 saturated heterocycles. The van der Waals surface area contributed by atoms with E-state index in [0.29, 0.717) is 0 Å². The van der Waals surface area contributed by atoms with Crippen LogP contribution in [0.25, 0.3) is 0 Å². The number of aliphatic hydroxyl groups excluding tert-OH is 2. The lowest BCUT2D eigenvalue weighted by Crippen LogP contribution is -2.34. The summed E-state index contributed by atoms with van der Waals surface area (Å²) in [5, 5.41) is 36.2. The monoisotopic (exact) mass is 290 g/mol. The van der Waals surface area contributed by atoms with Crippen LogP contribution in [0.4, 0.5) is 0 Å². The van der Waals surface area contributed by atoms with Gasteiger partial charge in [0.2, 0.25) is 3.79 Å². The summed E-state index contributed by atoms with van der Waals surface area (Å²) in [5.74, 6) is -0.484. The zero-order chi connectivity index (χ0) is 9.94. The molecule has 0 aromatic heterocycles. The maximum absolute atomic E-state index is 9.18. The van der Waals surface area contributed by atoms with Crippen molar-refractivity contribution >= 4 is 22.6 Å². The van der Waals surface area contributed by atoms with Crippen molar-refractivity contribution in [1.82, 2.24) is 0 Å². The van der Waals surface area contributed by atoms with Crippen molar-refractivity contribution in [1.29, 1.82) is 0 Å². The molecule has 12 heavy (non-hydrogen) atoms. The number of alkyl halides is 1. The first-order valence-corrected chi connectivity index (χ1v) is 4.82. The van der Waals surface area contributed by atoms with Gasteiger partial charge in [-0.05, 0) is 35.9 Å². The smallest absolute Gasteiger partial charge is 0.219 e. The fourth-order valence-electron chi connectivity index (χ4n) is 0.709. The summed E-state index contributed by atoms with van der Waals surface area (Å²) in [6, 6.07) is 0. The van der Waals surface area contributed by atoms with Crippen molar-refractivity contribution in [2.75, 3.05) is 0 Å². The molecule has 4 nitrogen and oxygen atoms in total. The first-order chi connectivity index (χ1) is 5.25. The van der Waals surface area contributed by atoms with Crippen LogP contribution in [-0.2, 0) is 0 Å². The topological polar surface area (TPSA) is 80.9 Å². The maximum atomic E-state index is 9.18. The zero-order valence-electron chi connectivity index (χ0n) is 7.11. The summed E-state index contributed by atoms with van der Waals surface area (Å²) in [4.78, 5) is 0. The number of halogens is 1. The highest BCUT2D eigenvalue weighted by Gasteiger charge is 2.30. The lowest BCUT2D eigenvalue weighted by Gasteiger charge is -2.25. The molecule has 5 heteroatoms. The van der Waals surface area contributed by atoms with Gasteiger partial charge in [0.1, 0.15) is 0 Å². The third-order valence-electron chi connectivity index (χ3n) is 1.78. The van der Waals surface area contributed by atoms with Gasteiger partial charge < -0.3 is 20.4 Å². The summed E-state index contributed by atoms with van der Waals surface area (Å²) < 4.78 is -1.83. The number of rotatable bonds is 4. The minimum atomic E-state index is -1.83. The van der Waals surface area contributed by atoms with Crippen molar-refractivity contribution < 1.29 is 20.4 Å². The molecule has 74 valence electrons. The Kier molecular flexibility index (Phi) is 4.93. The van der Waals surface area contributed by atoms with E-state index in [9.17, 15) is 5.11 Å². The van der Waals surface area contributed by atoms with Crippen molar-refractivity contribution in [3.05, 3.63) is 0 Å². The van der Waals surface area contributed by atoms with Crippen LogP contribution in [0.1, 0.15) is 20.3 Å². The van der Waals surface area contributed by atoms with Crippen LogP contribution in [0.5, 0.6) is 0 Å². The average Bonchev–Trinajstić information content (AvgIpc) is 1.85. The van der Waals surface area contributed by atoms with E-state index in [2.05, 4.69) is 0 Å². The molecule has 1 unspecified atom stereocenters. The Bertz CT molecular complexity index is 132. The predicted molar refractivity (Wildman–Crippen MR) is 52.7 cm³/mol. The van der Waals surface area contributed by atoms with Crippen molar-refractivity contribution in [2.45, 2.75) is 36.3 Å². The average molecular weight is 290 g/mol. The van der Waals surface area contributed by atoms with E-state index in [-0.39, 0.29) is 6.42 Å². The predicted octanol–water partition coefficient (Wildman–Crippen LogP) is -0.172. The Morgan fingerprint density at radius 1 is 1.25 bits per heavy atom. The van der Waals surface area contributed by atoms with E-state index in [1.54, 1.807) is 6.92 Å². The summed E-state index contributed by atoms with van der Waals surface area (Å²) >= 11 is 1.48. The minimum Gasteiger partial charge on any atom is -0.391 e. The molecule has 0 radical (unpaired) electrons. The van der Waals surface area contributed by atoms with Gasteiger partial charge >= 0.3 is 0 Å². The Morgan fingerprint density at radius 3 is 1.92 bits per heavy atom. The number of hydrogen-bond donors (Lipinski definition) is 4. The Morgan fingerprint density at radius 2 is 1.67 bits per heavy atom. The van der Waals surface area contributed by atoms with Gasteiger partial charge in [-0.25, -0.2) is 0 Å². The normalized spacial score (nSPS) is 20.2. The second-order valence-corrected chi connectivity index (χ2v) is 4.67. The maximum Gasteiger partial charge on any atom is 0.219 e. The van der Waals surface area contributed by atoms with Crippen LogP contribution in [0.15, 0.2) is 0 Å². The second-order valence-electron chi connectivity index (χ2n) is 3.08. The Balaban J connectivity index is 3.93. The largest absolute Gasteiger partial charge is 0.391 e. The molecule has 0 aliphatic carbocycles. The van der Waals surface area contributed by atoms with E-state index in [1.807, 2.05) is 0 Å². The molecular weight excluding hydrogens is 275 g/mol. The van der Waals surface area contributed by atoms with Crippen LogP contribution in [0.3, 0.4) is 0 Å². The van der Waals surface area contributed by atoms with Gasteiger partial charge in [-0.2, -0.15) is 0 Å². The second kappa shape index (κ2) is 4.71. The van der Waals surface area contributed by atoms with E-state index < -0.39 is 21.9 Å². The molecule has 0 aliphatic rings. The van der Waals surface area contributed by atoms with Gasteiger partial charge in [-0.3, -0.25) is 0 Å². The molecule has 0 spiro atoms. The third-order valence-corrected chi connectivity index (χ3v) is 2.84. The fourth-order valence-corrected chi connectivity index (χ4v) is 0.963. The number of hydrogen-bond acceptors (Lipinski definition) is 4. The molecular formula is C7H15IO4. The zero-order valence-corrected chi connectivity index (χ0v) is 9.26. The lowest BCUT2D eigenvalue weighted by molar-refractivity contribution is -0.112. The van der Waals surface area contributed by atoms with Crippen LogP contribution in [0.2, 0.25) is 0 Å². The molecule has 3 atom stereocenters. The molecule has 0 amide bonds. The molecule has 0 heterocycles. The van der Waals surface area contributed by atoms with Gasteiger partial charge in [-0.1, -0.05) is 6.92 Å². The van der Waals surface area contributed by atoms with Gasteiger partial charge in [0.25, 0.3) is 0 Å². The minimum absolute atomic E-state index is 0.160.